The van der Waals surface area contributed by atoms with Crippen molar-refractivity contribution in [3.05, 3.63) is 47.4 Å². The predicted molar refractivity (Wildman–Crippen MR) is 148 cm³/mol. The molecule has 4 heterocycles. The van der Waals surface area contributed by atoms with Gasteiger partial charge in [0.2, 0.25) is 15.9 Å². The number of sulfonamides is 1. The van der Waals surface area contributed by atoms with E-state index in [0.717, 1.165) is 10.9 Å². The summed E-state index contributed by atoms with van der Waals surface area (Å²) >= 11 is 0. The van der Waals surface area contributed by atoms with Crippen molar-refractivity contribution in [1.29, 1.82) is 0 Å². The first kappa shape index (κ1) is 27.2. The molecule has 0 saturated heterocycles. The Balaban J connectivity index is 1.44. The van der Waals surface area contributed by atoms with Crippen molar-refractivity contribution in [2.45, 2.75) is 69.5 Å². The first-order valence-corrected chi connectivity index (χ1v) is 14.4. The molecule has 1 aliphatic heterocycles. The molecule has 0 aromatic carbocycles. The van der Waals surface area contributed by atoms with Gasteiger partial charge in [-0.1, -0.05) is 6.92 Å². The number of nitrogens with zero attached hydrogens (tertiary/aromatic N) is 4. The molecule has 0 unspecified atom stereocenters. The van der Waals surface area contributed by atoms with Crippen molar-refractivity contribution in [3.63, 3.8) is 0 Å². The van der Waals surface area contributed by atoms with E-state index >= 15 is 0 Å². The lowest BCUT2D eigenvalue weighted by Crippen LogP contribution is -2.47. The van der Waals surface area contributed by atoms with E-state index in [1.807, 2.05) is 33.8 Å². The zero-order chi connectivity index (χ0) is 28.3. The van der Waals surface area contributed by atoms with Gasteiger partial charge in [0.25, 0.3) is 0 Å². The van der Waals surface area contributed by atoms with Crippen molar-refractivity contribution < 1.29 is 22.7 Å². The first-order chi connectivity index (χ1) is 18.3. The lowest BCUT2D eigenvalue weighted by atomic mass is 9.92. The average Bonchev–Trinajstić information content (AvgIpc) is 2.83. The Bertz CT molecular complexity index is 1550. The van der Waals surface area contributed by atoms with E-state index in [1.165, 1.54) is 18.4 Å². The first-order valence-electron chi connectivity index (χ1n) is 12.9. The maximum absolute atomic E-state index is 12.4. The summed E-state index contributed by atoms with van der Waals surface area (Å²) in [5.41, 5.74) is 7.74. The van der Waals surface area contributed by atoms with Gasteiger partial charge < -0.3 is 20.5 Å². The van der Waals surface area contributed by atoms with Gasteiger partial charge in [0.15, 0.2) is 0 Å². The van der Waals surface area contributed by atoms with Crippen LogP contribution in [-0.2, 0) is 20.3 Å². The predicted octanol–water partition coefficient (Wildman–Crippen LogP) is 3.43. The number of ether oxygens (including phenoxy) is 2. The number of rotatable bonds is 7. The molecule has 0 spiro atoms. The number of carbonyl (C=O) groups is 1. The highest BCUT2D eigenvalue weighted by atomic mass is 32.2. The summed E-state index contributed by atoms with van der Waals surface area (Å²) < 4.78 is 37.6. The molecule has 39 heavy (non-hydrogen) atoms. The van der Waals surface area contributed by atoms with Crippen LogP contribution < -0.4 is 15.8 Å². The third-order valence-electron chi connectivity index (χ3n) is 7.52. The molecule has 0 amide bonds. The molecule has 1 aliphatic carbocycles. The van der Waals surface area contributed by atoms with Crippen LogP contribution in [-0.4, -0.2) is 65.2 Å². The summed E-state index contributed by atoms with van der Waals surface area (Å²) in [5.74, 6) is 1.06. The van der Waals surface area contributed by atoms with Crippen LogP contribution >= 0.6 is 0 Å². The molecule has 208 valence electrons. The highest BCUT2D eigenvalue weighted by molar-refractivity contribution is 7.89. The Kier molecular flexibility index (Phi) is 6.76. The van der Waals surface area contributed by atoms with Gasteiger partial charge in [-0.2, -0.15) is 0 Å². The second-order valence-electron chi connectivity index (χ2n) is 11.1. The Hall–Kier alpha value is -3.35. The third kappa shape index (κ3) is 5.04. The summed E-state index contributed by atoms with van der Waals surface area (Å²) in [6.07, 6.45) is 3.64. The molecule has 1 saturated carbocycles. The van der Waals surface area contributed by atoms with Gasteiger partial charge in [0.05, 0.1) is 21.9 Å². The summed E-state index contributed by atoms with van der Waals surface area (Å²) in [6.45, 7) is 7.62. The molecule has 11 nitrogen and oxygen atoms in total. The van der Waals surface area contributed by atoms with Crippen molar-refractivity contribution in [2.24, 2.45) is 5.73 Å². The Morgan fingerprint density at radius 3 is 2.49 bits per heavy atom. The molecule has 5 rings (SSSR count). The number of cyclic esters (lactones) is 1. The molecule has 12 heteroatoms. The fourth-order valence-corrected chi connectivity index (χ4v) is 6.36. The second-order valence-corrected chi connectivity index (χ2v) is 13.6. The maximum atomic E-state index is 12.4. The van der Waals surface area contributed by atoms with Crippen LogP contribution in [0.4, 0.5) is 11.6 Å². The Morgan fingerprint density at radius 2 is 1.82 bits per heavy atom. The van der Waals surface area contributed by atoms with E-state index in [2.05, 4.69) is 15.3 Å². The third-order valence-corrected chi connectivity index (χ3v) is 9.76. The van der Waals surface area contributed by atoms with Gasteiger partial charge in [-0.15, -0.1) is 0 Å². The lowest BCUT2D eigenvalue weighted by molar-refractivity contribution is 0.0235. The van der Waals surface area contributed by atoms with E-state index in [-0.39, 0.29) is 24.1 Å². The summed E-state index contributed by atoms with van der Waals surface area (Å²) in [5, 5.41) is 4.27. The zero-order valence-corrected chi connectivity index (χ0v) is 23.7. The fraction of sp³-hybridized carbons (Fsp3) is 0.481. The van der Waals surface area contributed by atoms with Crippen molar-refractivity contribution in [2.75, 3.05) is 19.4 Å². The number of anilines is 2. The van der Waals surface area contributed by atoms with Gasteiger partial charge in [-0.3, -0.25) is 0 Å². The van der Waals surface area contributed by atoms with Gasteiger partial charge in [0, 0.05) is 50.8 Å². The summed E-state index contributed by atoms with van der Waals surface area (Å²) in [4.78, 5) is 26.0. The molecular weight excluding hydrogens is 520 g/mol. The number of carbonyl (C=O) groups excluding carboxylic acids is 1. The minimum Gasteiger partial charge on any atom is -0.474 e. The lowest BCUT2D eigenvalue weighted by Gasteiger charge is -2.36. The van der Waals surface area contributed by atoms with Gasteiger partial charge in [-0.05, 0) is 49.9 Å². The largest absolute Gasteiger partial charge is 0.474 e. The number of hydrogen-bond acceptors (Lipinski definition) is 10. The standard InChI is InChI=1S/C27H34N6O5S/c1-14-15(2)37-26(34)18-7-8-22(32-24(14)18)31-23-11-19-20(12-29-23)25(30-13-21(19)27(3,4)28)38-16-9-17(10-16)39(35,36)33(5)6/h7-8,11-17H,9-10,28H2,1-6H3,(H,29,31,32)/t14-,15-,16?,17?/m0/s1. The molecule has 3 aromatic heterocycles. The van der Waals surface area contributed by atoms with Crippen LogP contribution in [0.2, 0.25) is 0 Å². The molecule has 3 aromatic rings. The van der Waals surface area contributed by atoms with Crippen LogP contribution in [0.1, 0.15) is 68.1 Å². The smallest absolute Gasteiger partial charge is 0.340 e. The van der Waals surface area contributed by atoms with E-state index in [1.54, 1.807) is 24.5 Å². The molecule has 0 radical (unpaired) electrons. The number of esters is 1. The summed E-state index contributed by atoms with van der Waals surface area (Å²) in [6, 6.07) is 5.30. The number of pyridine rings is 3. The maximum Gasteiger partial charge on any atom is 0.340 e. The van der Waals surface area contributed by atoms with E-state index in [9.17, 15) is 13.2 Å². The number of nitrogens with two attached hydrogens (primary N) is 1. The van der Waals surface area contributed by atoms with E-state index < -0.39 is 20.8 Å². The minimum atomic E-state index is -3.32. The van der Waals surface area contributed by atoms with Crippen LogP contribution in [0.15, 0.2) is 30.6 Å². The Labute approximate surface area is 228 Å². The monoisotopic (exact) mass is 554 g/mol. The van der Waals surface area contributed by atoms with Crippen molar-refractivity contribution in [3.8, 4) is 5.88 Å². The average molecular weight is 555 g/mol. The van der Waals surface area contributed by atoms with Gasteiger partial charge in [-0.25, -0.2) is 32.5 Å². The summed E-state index contributed by atoms with van der Waals surface area (Å²) in [7, 11) is -0.241. The fourth-order valence-electron chi connectivity index (χ4n) is 4.85. The number of fused-ring (bicyclic) bond motifs is 2. The van der Waals surface area contributed by atoms with Gasteiger partial charge >= 0.3 is 5.97 Å². The van der Waals surface area contributed by atoms with Crippen LogP contribution in [0.25, 0.3) is 10.8 Å². The molecule has 2 aliphatic rings. The number of hydrogen-bond donors (Lipinski definition) is 2. The molecular formula is C27H34N6O5S. The van der Waals surface area contributed by atoms with Crippen LogP contribution in [0.3, 0.4) is 0 Å². The molecule has 0 bridgehead atoms. The SMILES string of the molecule is C[C@@H]1OC(=O)c2ccc(Nc3cc4c(C(C)(C)N)cnc(OC5CC(S(=O)(=O)N(C)C)C5)c4cn3)nc2[C@H]1C. The number of nitrogens with one attached hydrogen (secondary N) is 1. The molecule has 2 atom stereocenters. The highest BCUT2D eigenvalue weighted by Crippen LogP contribution is 2.37. The van der Waals surface area contributed by atoms with E-state index in [0.29, 0.717) is 47.0 Å². The van der Waals surface area contributed by atoms with Crippen molar-refractivity contribution >= 4 is 38.4 Å². The Morgan fingerprint density at radius 1 is 1.10 bits per heavy atom. The zero-order valence-electron chi connectivity index (χ0n) is 22.9. The minimum absolute atomic E-state index is 0.0433. The topological polar surface area (TPSA) is 150 Å². The molecule has 1 fully saturated rings. The van der Waals surface area contributed by atoms with Crippen molar-refractivity contribution in [1.82, 2.24) is 19.3 Å². The quantitative estimate of drug-likeness (QED) is 0.416. The van der Waals surface area contributed by atoms with E-state index in [4.69, 9.17) is 20.2 Å². The van der Waals surface area contributed by atoms with Gasteiger partial charge in [0.1, 0.15) is 23.8 Å². The van der Waals surface area contributed by atoms with Crippen LogP contribution in [0.5, 0.6) is 5.88 Å². The highest BCUT2D eigenvalue weighted by Gasteiger charge is 2.42. The van der Waals surface area contributed by atoms with Crippen LogP contribution in [0, 0.1) is 0 Å². The normalized spacial score (nSPS) is 23.2. The molecule has 3 N–H and O–H groups in total. The number of aromatic nitrogens is 3. The second kappa shape index (κ2) is 9.68.